The maximum absolute atomic E-state index is 6.47. The first-order chi connectivity index (χ1) is 13.1. The number of nitrogens with two attached hydrogens (primary N) is 1. The third-order valence-corrected chi connectivity index (χ3v) is 5.95. The molecule has 1 heteroatoms. The number of rotatable bonds is 17. The lowest BCUT2D eigenvalue weighted by Gasteiger charge is -2.31. The second kappa shape index (κ2) is 15.1. The van der Waals surface area contributed by atoms with E-state index in [2.05, 4.69) is 51.1 Å². The van der Waals surface area contributed by atoms with Gasteiger partial charge in [-0.15, -0.1) is 0 Å². The second-order valence-electron chi connectivity index (χ2n) is 9.17. The molecule has 156 valence electrons. The molecular weight excluding hydrogens is 326 g/mol. The van der Waals surface area contributed by atoms with Crippen molar-refractivity contribution in [3.8, 4) is 0 Å². The van der Waals surface area contributed by atoms with E-state index >= 15 is 0 Å². The number of hydrogen-bond donors (Lipinski definition) is 1. The fourth-order valence-corrected chi connectivity index (χ4v) is 4.20. The largest absolute Gasteiger partial charge is 0.325 e. The predicted molar refractivity (Wildman–Crippen MR) is 122 cm³/mol. The number of unbranched alkanes of at least 4 members (excludes halogenated alkanes) is 13. The molecule has 1 aromatic carbocycles. The highest BCUT2D eigenvalue weighted by atomic mass is 14.7. The van der Waals surface area contributed by atoms with E-state index < -0.39 is 0 Å². The second-order valence-corrected chi connectivity index (χ2v) is 9.17. The minimum absolute atomic E-state index is 0.141. The molecule has 0 aromatic heterocycles. The zero-order valence-electron chi connectivity index (χ0n) is 18.6. The van der Waals surface area contributed by atoms with Gasteiger partial charge in [0.15, 0.2) is 0 Å². The molecule has 27 heavy (non-hydrogen) atoms. The van der Waals surface area contributed by atoms with Crippen LogP contribution in [0.1, 0.15) is 129 Å². The monoisotopic (exact) mass is 373 g/mol. The third kappa shape index (κ3) is 12.3. The Kier molecular flexibility index (Phi) is 13.6. The van der Waals surface area contributed by atoms with E-state index in [0.29, 0.717) is 5.92 Å². The molecular formula is C26H47N. The van der Waals surface area contributed by atoms with E-state index in [-0.39, 0.29) is 5.54 Å². The van der Waals surface area contributed by atoms with Crippen molar-refractivity contribution in [3.05, 3.63) is 35.9 Å². The minimum Gasteiger partial charge on any atom is -0.325 e. The van der Waals surface area contributed by atoms with Crippen molar-refractivity contribution >= 4 is 0 Å². The Morgan fingerprint density at radius 2 is 1.07 bits per heavy atom. The maximum atomic E-state index is 6.47. The van der Waals surface area contributed by atoms with Crippen LogP contribution >= 0.6 is 0 Å². The zero-order chi connectivity index (χ0) is 19.8. The summed E-state index contributed by atoms with van der Waals surface area (Å²) in [6, 6.07) is 10.8. The number of hydrogen-bond acceptors (Lipinski definition) is 1. The fourth-order valence-electron chi connectivity index (χ4n) is 4.20. The van der Waals surface area contributed by atoms with Gasteiger partial charge in [-0.1, -0.05) is 127 Å². The summed E-state index contributed by atoms with van der Waals surface area (Å²) in [5.41, 5.74) is 7.73. The van der Waals surface area contributed by atoms with Crippen LogP contribution in [0.3, 0.4) is 0 Å². The van der Waals surface area contributed by atoms with Crippen LogP contribution in [0.2, 0.25) is 0 Å². The fraction of sp³-hybridized carbons (Fsp3) is 0.769. The topological polar surface area (TPSA) is 26.0 Å². The van der Waals surface area contributed by atoms with Crippen LogP contribution in [0.4, 0.5) is 0 Å². The van der Waals surface area contributed by atoms with Crippen molar-refractivity contribution in [2.75, 3.05) is 0 Å². The molecule has 0 fully saturated rings. The summed E-state index contributed by atoms with van der Waals surface area (Å²) in [6.45, 7) is 6.64. The lowest BCUT2D eigenvalue weighted by atomic mass is 9.79. The SMILES string of the molecule is CCCCCCCCCCCCCCCCC(c1ccccc1)C(C)(C)N. The Morgan fingerprint density at radius 1 is 0.667 bits per heavy atom. The molecule has 0 saturated heterocycles. The van der Waals surface area contributed by atoms with Crippen molar-refractivity contribution in [3.63, 3.8) is 0 Å². The Bertz CT molecular complexity index is 431. The molecule has 0 heterocycles. The molecule has 0 spiro atoms. The van der Waals surface area contributed by atoms with Crippen molar-refractivity contribution in [2.24, 2.45) is 5.73 Å². The Hall–Kier alpha value is -0.820. The summed E-state index contributed by atoms with van der Waals surface area (Å²) in [5.74, 6) is 0.469. The average Bonchev–Trinajstić information content (AvgIpc) is 2.64. The van der Waals surface area contributed by atoms with E-state index in [1.165, 1.54) is 102 Å². The van der Waals surface area contributed by atoms with Crippen LogP contribution in [0.25, 0.3) is 0 Å². The summed E-state index contributed by atoms with van der Waals surface area (Å²) in [4.78, 5) is 0. The Labute approximate surface area is 170 Å². The molecule has 1 atom stereocenters. The zero-order valence-corrected chi connectivity index (χ0v) is 18.6. The van der Waals surface area contributed by atoms with Crippen molar-refractivity contribution in [1.82, 2.24) is 0 Å². The van der Waals surface area contributed by atoms with Crippen LogP contribution < -0.4 is 5.73 Å². The van der Waals surface area contributed by atoms with Gasteiger partial charge in [0.25, 0.3) is 0 Å². The average molecular weight is 374 g/mol. The van der Waals surface area contributed by atoms with Gasteiger partial charge >= 0.3 is 0 Å². The van der Waals surface area contributed by atoms with Gasteiger partial charge in [0.1, 0.15) is 0 Å². The van der Waals surface area contributed by atoms with Gasteiger partial charge < -0.3 is 5.73 Å². The van der Waals surface area contributed by atoms with Gasteiger partial charge in [0.2, 0.25) is 0 Å². The Morgan fingerprint density at radius 3 is 1.48 bits per heavy atom. The summed E-state index contributed by atoms with van der Waals surface area (Å²) >= 11 is 0. The third-order valence-electron chi connectivity index (χ3n) is 5.95. The minimum atomic E-state index is -0.141. The first-order valence-corrected chi connectivity index (χ1v) is 11.9. The van der Waals surface area contributed by atoms with E-state index in [0.717, 1.165) is 0 Å². The quantitative estimate of drug-likeness (QED) is 0.273. The van der Waals surface area contributed by atoms with Crippen LogP contribution in [-0.4, -0.2) is 5.54 Å². The molecule has 0 radical (unpaired) electrons. The summed E-state index contributed by atoms with van der Waals surface area (Å²) in [5, 5.41) is 0. The van der Waals surface area contributed by atoms with Crippen LogP contribution in [0, 0.1) is 0 Å². The van der Waals surface area contributed by atoms with Crippen LogP contribution in [0.15, 0.2) is 30.3 Å². The molecule has 0 amide bonds. The molecule has 0 saturated carbocycles. The molecule has 0 bridgehead atoms. The molecule has 1 nitrogen and oxygen atoms in total. The molecule has 2 N–H and O–H groups in total. The highest BCUT2D eigenvalue weighted by Crippen LogP contribution is 2.31. The van der Waals surface area contributed by atoms with Crippen LogP contribution in [0.5, 0.6) is 0 Å². The first kappa shape index (κ1) is 24.2. The van der Waals surface area contributed by atoms with E-state index in [1.807, 2.05) is 0 Å². The highest BCUT2D eigenvalue weighted by Gasteiger charge is 2.25. The van der Waals surface area contributed by atoms with Gasteiger partial charge in [-0.25, -0.2) is 0 Å². The predicted octanol–water partition coefficient (Wildman–Crippen LogP) is 8.38. The van der Waals surface area contributed by atoms with Gasteiger partial charge in [-0.3, -0.25) is 0 Å². The van der Waals surface area contributed by atoms with E-state index in [4.69, 9.17) is 5.73 Å². The van der Waals surface area contributed by atoms with Gasteiger partial charge in [-0.2, -0.15) is 0 Å². The standard InChI is InChI=1S/C26H47N/c1-4-5-6-7-8-9-10-11-12-13-14-15-16-20-23-25(26(2,3)27)24-21-18-17-19-22-24/h17-19,21-22,25H,4-16,20,23,27H2,1-3H3. The molecule has 1 unspecified atom stereocenters. The summed E-state index contributed by atoms with van der Waals surface area (Å²) in [7, 11) is 0. The first-order valence-electron chi connectivity index (χ1n) is 11.9. The Balaban J connectivity index is 2.00. The molecule has 1 aromatic rings. The molecule has 0 aliphatic rings. The van der Waals surface area contributed by atoms with Crippen molar-refractivity contribution in [1.29, 1.82) is 0 Å². The smallest absolute Gasteiger partial charge is 0.0166 e. The lowest BCUT2D eigenvalue weighted by molar-refractivity contribution is 0.376. The molecule has 0 aliphatic carbocycles. The maximum Gasteiger partial charge on any atom is 0.0166 e. The normalized spacial score (nSPS) is 13.0. The number of benzene rings is 1. The van der Waals surface area contributed by atoms with Gasteiger partial charge in [-0.05, 0) is 25.8 Å². The van der Waals surface area contributed by atoms with E-state index in [1.54, 1.807) is 0 Å². The van der Waals surface area contributed by atoms with Crippen molar-refractivity contribution in [2.45, 2.75) is 129 Å². The lowest BCUT2D eigenvalue weighted by Crippen LogP contribution is -2.39. The molecule has 0 aliphatic heterocycles. The van der Waals surface area contributed by atoms with Gasteiger partial charge in [0, 0.05) is 11.5 Å². The van der Waals surface area contributed by atoms with Crippen LogP contribution in [-0.2, 0) is 0 Å². The summed E-state index contributed by atoms with van der Waals surface area (Å²) < 4.78 is 0. The van der Waals surface area contributed by atoms with Gasteiger partial charge in [0.05, 0.1) is 0 Å². The summed E-state index contributed by atoms with van der Waals surface area (Å²) in [6.07, 6.45) is 21.1. The highest BCUT2D eigenvalue weighted by molar-refractivity contribution is 5.22. The van der Waals surface area contributed by atoms with Crippen molar-refractivity contribution < 1.29 is 0 Å². The van der Waals surface area contributed by atoms with E-state index in [9.17, 15) is 0 Å². The molecule has 1 rings (SSSR count).